The number of hydrogen-bond donors (Lipinski definition) is 0. The number of nitrogens with zero attached hydrogens (tertiary/aromatic N) is 4. The summed E-state index contributed by atoms with van der Waals surface area (Å²) in [6.45, 7) is 1.71. The van der Waals surface area contributed by atoms with E-state index in [2.05, 4.69) is 10.2 Å². The first-order valence-corrected chi connectivity index (χ1v) is 7.45. The van der Waals surface area contributed by atoms with E-state index in [0.717, 1.165) is 5.76 Å². The molecule has 7 nitrogen and oxygen atoms in total. The molecule has 0 saturated carbocycles. The fraction of sp³-hybridized carbons (Fsp3) is 0.462. The maximum Gasteiger partial charge on any atom is 0.233 e. The largest absolute Gasteiger partial charge is 0.467 e. The van der Waals surface area contributed by atoms with Crippen LogP contribution in [0.5, 0.6) is 0 Å². The zero-order chi connectivity index (χ0) is 15.1. The minimum absolute atomic E-state index is 0.0118. The normalized spacial score (nSPS) is 10.8. The molecule has 0 aromatic carbocycles. The van der Waals surface area contributed by atoms with Gasteiger partial charge in [0.1, 0.15) is 12.1 Å². The summed E-state index contributed by atoms with van der Waals surface area (Å²) < 4.78 is 12.1. The summed E-state index contributed by atoms with van der Waals surface area (Å²) in [5.41, 5.74) is 0. The van der Waals surface area contributed by atoms with Gasteiger partial charge in [0.2, 0.25) is 5.91 Å². The molecule has 0 spiro atoms. The lowest BCUT2D eigenvalue weighted by atomic mass is 10.4. The van der Waals surface area contributed by atoms with Crippen molar-refractivity contribution in [2.75, 3.05) is 26.5 Å². The van der Waals surface area contributed by atoms with Crippen molar-refractivity contribution in [1.29, 1.82) is 0 Å². The maximum atomic E-state index is 12.1. The highest BCUT2D eigenvalue weighted by Crippen LogP contribution is 2.15. The van der Waals surface area contributed by atoms with Gasteiger partial charge in [-0.15, -0.1) is 10.2 Å². The first kappa shape index (κ1) is 15.6. The van der Waals surface area contributed by atoms with E-state index < -0.39 is 0 Å². The van der Waals surface area contributed by atoms with E-state index in [4.69, 9.17) is 9.15 Å². The Labute approximate surface area is 127 Å². The molecule has 2 rings (SSSR count). The summed E-state index contributed by atoms with van der Waals surface area (Å²) in [4.78, 5) is 13.7. The number of hydrogen-bond acceptors (Lipinski definition) is 6. The molecule has 0 aliphatic carbocycles. The molecule has 2 aromatic heterocycles. The summed E-state index contributed by atoms with van der Waals surface area (Å²) in [6.07, 6.45) is 3.24. The van der Waals surface area contributed by atoms with Crippen molar-refractivity contribution >= 4 is 17.7 Å². The molecule has 0 aliphatic heterocycles. The van der Waals surface area contributed by atoms with E-state index in [0.29, 0.717) is 30.6 Å². The molecule has 0 aliphatic rings. The first-order chi connectivity index (χ1) is 10.2. The molecule has 2 heterocycles. The topological polar surface area (TPSA) is 73.4 Å². The van der Waals surface area contributed by atoms with Crippen LogP contribution in [0.1, 0.15) is 5.76 Å². The summed E-state index contributed by atoms with van der Waals surface area (Å²) in [7, 11) is 3.39. The third kappa shape index (κ3) is 4.61. The van der Waals surface area contributed by atoms with Crippen molar-refractivity contribution in [3.05, 3.63) is 30.5 Å². The molecular weight excluding hydrogens is 292 g/mol. The number of rotatable bonds is 8. The molecule has 21 heavy (non-hydrogen) atoms. The number of furan rings is 1. The van der Waals surface area contributed by atoms with Gasteiger partial charge in [-0.3, -0.25) is 4.79 Å². The zero-order valence-corrected chi connectivity index (χ0v) is 12.9. The number of methoxy groups -OCH3 is 1. The van der Waals surface area contributed by atoms with E-state index in [9.17, 15) is 4.79 Å². The van der Waals surface area contributed by atoms with E-state index in [1.807, 2.05) is 10.6 Å². The van der Waals surface area contributed by atoms with Crippen LogP contribution in [0, 0.1) is 0 Å². The number of ether oxygens (including phenoxy) is 1. The monoisotopic (exact) mass is 310 g/mol. The average Bonchev–Trinajstić information content (AvgIpc) is 3.13. The lowest BCUT2D eigenvalue weighted by molar-refractivity contribution is -0.127. The highest BCUT2D eigenvalue weighted by atomic mass is 32.2. The predicted molar refractivity (Wildman–Crippen MR) is 77.8 cm³/mol. The molecule has 1 amide bonds. The molecular formula is C13H18N4O3S. The van der Waals surface area contributed by atoms with Crippen molar-refractivity contribution in [2.45, 2.75) is 18.2 Å². The molecule has 0 bridgehead atoms. The van der Waals surface area contributed by atoms with Gasteiger partial charge in [0.15, 0.2) is 5.16 Å². The van der Waals surface area contributed by atoms with Gasteiger partial charge in [0.05, 0.1) is 25.2 Å². The molecule has 0 fully saturated rings. The third-order valence-corrected chi connectivity index (χ3v) is 3.81. The van der Waals surface area contributed by atoms with Crippen LogP contribution in [0.25, 0.3) is 0 Å². The average molecular weight is 310 g/mol. The standard InChI is InChI=1S/C13H18N4O3S/c1-16(8-11-4-3-6-20-11)12(18)9-21-13-15-14-10-17(13)5-7-19-2/h3-4,6,10H,5,7-9H2,1-2H3. The lowest BCUT2D eigenvalue weighted by Crippen LogP contribution is -2.27. The van der Waals surface area contributed by atoms with E-state index in [1.165, 1.54) is 11.8 Å². The van der Waals surface area contributed by atoms with Gasteiger partial charge in [-0.05, 0) is 12.1 Å². The van der Waals surface area contributed by atoms with Crippen molar-refractivity contribution in [2.24, 2.45) is 0 Å². The van der Waals surface area contributed by atoms with Crippen LogP contribution >= 0.6 is 11.8 Å². The number of aromatic nitrogens is 3. The summed E-state index contributed by atoms with van der Waals surface area (Å²) in [6, 6.07) is 3.65. The van der Waals surface area contributed by atoms with Gasteiger partial charge in [0.25, 0.3) is 0 Å². The molecule has 0 radical (unpaired) electrons. The maximum absolute atomic E-state index is 12.1. The van der Waals surface area contributed by atoms with Crippen LogP contribution in [0.2, 0.25) is 0 Å². The van der Waals surface area contributed by atoms with Crippen LogP contribution in [0.15, 0.2) is 34.3 Å². The quantitative estimate of drug-likeness (QED) is 0.684. The second kappa shape index (κ2) is 7.84. The molecule has 8 heteroatoms. The summed E-state index contributed by atoms with van der Waals surface area (Å²) >= 11 is 1.37. The second-order valence-corrected chi connectivity index (χ2v) is 5.36. The van der Waals surface area contributed by atoms with Crippen molar-refractivity contribution < 1.29 is 13.9 Å². The van der Waals surface area contributed by atoms with Crippen LogP contribution in [0.4, 0.5) is 0 Å². The second-order valence-electron chi connectivity index (χ2n) is 4.42. The fourth-order valence-corrected chi connectivity index (χ4v) is 2.54. The molecule has 114 valence electrons. The van der Waals surface area contributed by atoms with Gasteiger partial charge < -0.3 is 18.6 Å². The Morgan fingerprint density at radius 1 is 1.57 bits per heavy atom. The number of carbonyl (C=O) groups excluding carboxylic acids is 1. The van der Waals surface area contributed by atoms with Crippen molar-refractivity contribution in [1.82, 2.24) is 19.7 Å². The molecule has 0 saturated heterocycles. The highest BCUT2D eigenvalue weighted by molar-refractivity contribution is 7.99. The Kier molecular flexibility index (Phi) is 5.82. The Morgan fingerprint density at radius 2 is 2.43 bits per heavy atom. The van der Waals surface area contributed by atoms with Gasteiger partial charge in [0, 0.05) is 20.7 Å². The van der Waals surface area contributed by atoms with Gasteiger partial charge in [-0.25, -0.2) is 0 Å². The van der Waals surface area contributed by atoms with Gasteiger partial charge >= 0.3 is 0 Å². The predicted octanol–water partition coefficient (Wildman–Crippen LogP) is 1.27. The van der Waals surface area contributed by atoms with Gasteiger partial charge in [-0.1, -0.05) is 11.8 Å². The smallest absolute Gasteiger partial charge is 0.233 e. The lowest BCUT2D eigenvalue weighted by Gasteiger charge is -2.15. The molecule has 0 N–H and O–H groups in total. The van der Waals surface area contributed by atoms with Crippen LogP contribution in [-0.2, 0) is 22.6 Å². The Bertz CT molecular complexity index is 556. The highest BCUT2D eigenvalue weighted by Gasteiger charge is 2.13. The minimum atomic E-state index is 0.0118. The Hall–Kier alpha value is -1.80. The Balaban J connectivity index is 1.82. The van der Waals surface area contributed by atoms with Crippen molar-refractivity contribution in [3.63, 3.8) is 0 Å². The van der Waals surface area contributed by atoms with E-state index >= 15 is 0 Å². The number of amides is 1. The van der Waals surface area contributed by atoms with Crippen molar-refractivity contribution in [3.8, 4) is 0 Å². The molecule has 0 unspecified atom stereocenters. The van der Waals surface area contributed by atoms with E-state index in [1.54, 1.807) is 37.7 Å². The fourth-order valence-electron chi connectivity index (χ4n) is 1.66. The first-order valence-electron chi connectivity index (χ1n) is 6.46. The summed E-state index contributed by atoms with van der Waals surface area (Å²) in [5, 5.41) is 8.58. The van der Waals surface area contributed by atoms with Gasteiger partial charge in [-0.2, -0.15) is 0 Å². The van der Waals surface area contributed by atoms with Crippen LogP contribution in [0.3, 0.4) is 0 Å². The molecule has 0 atom stereocenters. The zero-order valence-electron chi connectivity index (χ0n) is 12.1. The number of carbonyl (C=O) groups is 1. The number of thioether (sulfide) groups is 1. The third-order valence-electron chi connectivity index (χ3n) is 2.84. The Morgan fingerprint density at radius 3 is 3.14 bits per heavy atom. The van der Waals surface area contributed by atoms with Crippen LogP contribution < -0.4 is 0 Å². The van der Waals surface area contributed by atoms with E-state index in [-0.39, 0.29) is 5.91 Å². The minimum Gasteiger partial charge on any atom is -0.467 e. The SMILES string of the molecule is COCCn1cnnc1SCC(=O)N(C)Cc1ccco1. The van der Waals surface area contributed by atoms with Crippen LogP contribution in [-0.4, -0.2) is 52.1 Å². The molecule has 2 aromatic rings. The summed E-state index contributed by atoms with van der Waals surface area (Å²) in [5.74, 6) is 1.08.